The van der Waals surface area contributed by atoms with E-state index in [9.17, 15) is 5.11 Å². The lowest BCUT2D eigenvalue weighted by atomic mass is 9.47. The van der Waals surface area contributed by atoms with E-state index in [0.717, 1.165) is 17.5 Å². The van der Waals surface area contributed by atoms with Crippen molar-refractivity contribution in [1.29, 1.82) is 0 Å². The van der Waals surface area contributed by atoms with Crippen LogP contribution in [0.5, 0.6) is 0 Å². The second-order valence-electron chi connectivity index (χ2n) is 6.27. The van der Waals surface area contributed by atoms with Gasteiger partial charge in [-0.25, -0.2) is 0 Å². The van der Waals surface area contributed by atoms with E-state index in [2.05, 4.69) is 24.3 Å². The van der Waals surface area contributed by atoms with E-state index in [1.54, 1.807) is 7.11 Å². The van der Waals surface area contributed by atoms with E-state index < -0.39 is 11.2 Å². The summed E-state index contributed by atoms with van der Waals surface area (Å²) in [5, 5.41) is 11.8. The molecule has 2 heteroatoms. The molecule has 4 atom stereocenters. The van der Waals surface area contributed by atoms with Gasteiger partial charge in [-0.1, -0.05) is 72.8 Å². The van der Waals surface area contributed by atoms with Crippen molar-refractivity contribution in [3.05, 3.63) is 83.9 Å². The predicted molar refractivity (Wildman–Crippen MR) is 86.5 cm³/mol. The number of hydrogen-bond acceptors (Lipinski definition) is 2. The minimum absolute atomic E-state index is 0.0230. The number of fused-ring (bicyclic) bond motifs is 1. The van der Waals surface area contributed by atoms with Crippen LogP contribution in [0, 0.1) is 5.92 Å². The van der Waals surface area contributed by atoms with Gasteiger partial charge in [-0.05, 0) is 17.5 Å². The molecule has 0 aromatic heterocycles. The summed E-state index contributed by atoms with van der Waals surface area (Å²) in [6.45, 7) is 0. The van der Waals surface area contributed by atoms with Crippen LogP contribution in [0.4, 0.5) is 0 Å². The zero-order chi connectivity index (χ0) is 15.2. The molecule has 0 amide bonds. The molecule has 0 heterocycles. The quantitative estimate of drug-likeness (QED) is 0.875. The van der Waals surface area contributed by atoms with Crippen LogP contribution < -0.4 is 0 Å². The van der Waals surface area contributed by atoms with Crippen LogP contribution in [0.1, 0.15) is 23.5 Å². The van der Waals surface area contributed by atoms with Crippen molar-refractivity contribution in [2.24, 2.45) is 5.92 Å². The summed E-state index contributed by atoms with van der Waals surface area (Å²) in [4.78, 5) is 0. The minimum atomic E-state index is -1.00. The first-order valence-electron chi connectivity index (χ1n) is 7.79. The predicted octanol–water partition coefficient (Wildman–Crippen LogP) is 3.63. The smallest absolute Gasteiger partial charge is 0.127 e. The van der Waals surface area contributed by atoms with Gasteiger partial charge in [-0.15, -0.1) is 0 Å². The number of methoxy groups -OCH3 is 1. The average Bonchev–Trinajstić information content (AvgIpc) is 2.96. The lowest BCUT2D eigenvalue weighted by Crippen LogP contribution is -2.70. The molecule has 2 nitrogen and oxygen atoms in total. The maximum absolute atomic E-state index is 11.8. The third-order valence-corrected chi connectivity index (χ3v) is 5.49. The SMILES string of the molecule is COC12CC=CC1C(c1ccccc1)C2(O)c1ccccc1. The Morgan fingerprint density at radius 3 is 2.27 bits per heavy atom. The summed E-state index contributed by atoms with van der Waals surface area (Å²) >= 11 is 0. The highest BCUT2D eigenvalue weighted by Crippen LogP contribution is 2.68. The molecule has 0 bridgehead atoms. The van der Waals surface area contributed by atoms with Crippen LogP contribution in [0.3, 0.4) is 0 Å². The monoisotopic (exact) mass is 292 g/mol. The summed E-state index contributed by atoms with van der Waals surface area (Å²) in [6, 6.07) is 20.2. The van der Waals surface area contributed by atoms with Crippen LogP contribution in [-0.4, -0.2) is 17.8 Å². The summed E-state index contributed by atoms with van der Waals surface area (Å²) in [7, 11) is 1.72. The number of hydrogen-bond donors (Lipinski definition) is 1. The van der Waals surface area contributed by atoms with Crippen molar-refractivity contribution in [2.75, 3.05) is 7.11 Å². The Kier molecular flexibility index (Phi) is 3.00. The first-order chi connectivity index (χ1) is 10.7. The Bertz CT molecular complexity index is 694. The summed E-state index contributed by atoms with van der Waals surface area (Å²) in [5.41, 5.74) is 0.552. The Hall–Kier alpha value is -1.90. The molecule has 22 heavy (non-hydrogen) atoms. The van der Waals surface area contributed by atoms with Crippen molar-refractivity contribution in [2.45, 2.75) is 23.5 Å². The number of ether oxygens (including phenoxy) is 1. The lowest BCUT2D eigenvalue weighted by Gasteiger charge is -2.63. The molecule has 0 saturated heterocycles. The van der Waals surface area contributed by atoms with Crippen molar-refractivity contribution in [1.82, 2.24) is 0 Å². The average molecular weight is 292 g/mol. The molecule has 2 aliphatic rings. The van der Waals surface area contributed by atoms with Gasteiger partial charge in [-0.2, -0.15) is 0 Å². The van der Waals surface area contributed by atoms with Gasteiger partial charge in [0.15, 0.2) is 0 Å². The Morgan fingerprint density at radius 1 is 1.00 bits per heavy atom. The number of aliphatic hydroxyl groups is 1. The maximum atomic E-state index is 11.8. The largest absolute Gasteiger partial charge is 0.381 e. The zero-order valence-electron chi connectivity index (χ0n) is 12.6. The minimum Gasteiger partial charge on any atom is -0.381 e. The van der Waals surface area contributed by atoms with Gasteiger partial charge < -0.3 is 9.84 Å². The van der Waals surface area contributed by atoms with E-state index in [-0.39, 0.29) is 11.8 Å². The Morgan fingerprint density at radius 2 is 1.64 bits per heavy atom. The van der Waals surface area contributed by atoms with Crippen LogP contribution in [0.2, 0.25) is 0 Å². The Labute approximate surface area is 131 Å². The molecule has 112 valence electrons. The second-order valence-corrected chi connectivity index (χ2v) is 6.27. The third-order valence-electron chi connectivity index (χ3n) is 5.49. The van der Waals surface area contributed by atoms with Gasteiger partial charge >= 0.3 is 0 Å². The highest BCUT2D eigenvalue weighted by Gasteiger charge is 2.73. The molecule has 2 aliphatic carbocycles. The third kappa shape index (κ3) is 1.52. The molecule has 2 aromatic carbocycles. The fourth-order valence-corrected chi connectivity index (χ4v) is 4.50. The molecule has 1 fully saturated rings. The second kappa shape index (κ2) is 4.80. The van der Waals surface area contributed by atoms with Crippen LogP contribution in [0.15, 0.2) is 72.8 Å². The first-order valence-corrected chi connectivity index (χ1v) is 7.79. The molecule has 0 spiro atoms. The number of benzene rings is 2. The van der Waals surface area contributed by atoms with E-state index in [0.29, 0.717) is 0 Å². The molecular weight excluding hydrogens is 272 g/mol. The molecule has 0 radical (unpaired) electrons. The normalized spacial score (nSPS) is 35.9. The first kappa shape index (κ1) is 13.7. The van der Waals surface area contributed by atoms with Crippen molar-refractivity contribution in [3.63, 3.8) is 0 Å². The van der Waals surface area contributed by atoms with Crippen LogP contribution in [0.25, 0.3) is 0 Å². The molecule has 1 saturated carbocycles. The standard InChI is InChI=1S/C20H20O2/c1-22-19-14-8-13-17(19)18(15-9-4-2-5-10-15)20(19,21)16-11-6-3-7-12-16/h2-13,17-18,21H,14H2,1H3. The molecule has 1 N–H and O–H groups in total. The highest BCUT2D eigenvalue weighted by atomic mass is 16.5. The van der Waals surface area contributed by atoms with Gasteiger partial charge in [0.1, 0.15) is 11.2 Å². The number of rotatable bonds is 3. The fourth-order valence-electron chi connectivity index (χ4n) is 4.50. The maximum Gasteiger partial charge on any atom is 0.127 e. The van der Waals surface area contributed by atoms with E-state index >= 15 is 0 Å². The van der Waals surface area contributed by atoms with E-state index in [1.165, 1.54) is 0 Å². The Balaban J connectivity index is 1.88. The zero-order valence-corrected chi connectivity index (χ0v) is 12.6. The van der Waals surface area contributed by atoms with Gasteiger partial charge in [-0.3, -0.25) is 0 Å². The van der Waals surface area contributed by atoms with E-state index in [1.807, 2.05) is 48.5 Å². The summed E-state index contributed by atoms with van der Waals surface area (Å²) < 4.78 is 5.91. The molecule has 2 aromatic rings. The summed E-state index contributed by atoms with van der Waals surface area (Å²) in [5.74, 6) is 0.236. The van der Waals surface area contributed by atoms with Crippen LogP contribution >= 0.6 is 0 Å². The lowest BCUT2D eigenvalue weighted by molar-refractivity contribution is -0.279. The van der Waals surface area contributed by atoms with Gasteiger partial charge in [0.05, 0.1) is 0 Å². The molecule has 4 rings (SSSR count). The van der Waals surface area contributed by atoms with Crippen LogP contribution in [-0.2, 0) is 10.3 Å². The van der Waals surface area contributed by atoms with Crippen molar-refractivity contribution in [3.8, 4) is 0 Å². The van der Waals surface area contributed by atoms with Gasteiger partial charge in [0.2, 0.25) is 0 Å². The van der Waals surface area contributed by atoms with Gasteiger partial charge in [0, 0.05) is 18.9 Å². The fraction of sp³-hybridized carbons (Fsp3) is 0.300. The van der Waals surface area contributed by atoms with E-state index in [4.69, 9.17) is 4.74 Å². The van der Waals surface area contributed by atoms with Gasteiger partial charge in [0.25, 0.3) is 0 Å². The molecular formula is C20H20O2. The molecule has 0 aliphatic heterocycles. The van der Waals surface area contributed by atoms with Crippen molar-refractivity contribution < 1.29 is 9.84 Å². The highest BCUT2D eigenvalue weighted by molar-refractivity contribution is 5.47. The summed E-state index contributed by atoms with van der Waals surface area (Å²) in [6.07, 6.45) is 5.10. The topological polar surface area (TPSA) is 29.5 Å². The van der Waals surface area contributed by atoms with Crippen molar-refractivity contribution >= 4 is 0 Å². The molecule has 4 unspecified atom stereocenters.